The highest BCUT2D eigenvalue weighted by Gasteiger charge is 2.17. The largest absolute Gasteiger partial charge is 0.377 e. The van der Waals surface area contributed by atoms with Crippen molar-refractivity contribution in [1.82, 2.24) is 4.90 Å². The third kappa shape index (κ3) is 5.31. The average Bonchev–Trinajstić information content (AvgIpc) is 2.40. The van der Waals surface area contributed by atoms with Crippen LogP contribution in [0.15, 0.2) is 30.3 Å². The third-order valence-corrected chi connectivity index (χ3v) is 3.68. The van der Waals surface area contributed by atoms with E-state index < -0.39 is 0 Å². The Morgan fingerprint density at radius 3 is 2.79 bits per heavy atom. The first kappa shape index (κ1) is 14.5. The van der Waals surface area contributed by atoms with Crippen LogP contribution < -0.4 is 5.73 Å². The molecular formula is C16H26N2O. The zero-order chi connectivity index (χ0) is 13.5. The van der Waals surface area contributed by atoms with Gasteiger partial charge in [0.25, 0.3) is 0 Å². The van der Waals surface area contributed by atoms with E-state index >= 15 is 0 Å². The molecule has 1 heterocycles. The van der Waals surface area contributed by atoms with E-state index in [-0.39, 0.29) is 6.04 Å². The van der Waals surface area contributed by atoms with Crippen LogP contribution in [0.5, 0.6) is 0 Å². The van der Waals surface area contributed by atoms with Crippen molar-refractivity contribution in [3.05, 3.63) is 35.9 Å². The van der Waals surface area contributed by atoms with Crippen LogP contribution in [0.2, 0.25) is 0 Å². The van der Waals surface area contributed by atoms with Crippen molar-refractivity contribution in [2.75, 3.05) is 26.7 Å². The Morgan fingerprint density at radius 2 is 2.11 bits per heavy atom. The van der Waals surface area contributed by atoms with Crippen LogP contribution in [-0.4, -0.2) is 43.8 Å². The van der Waals surface area contributed by atoms with E-state index in [0.29, 0.717) is 6.10 Å². The van der Waals surface area contributed by atoms with Crippen LogP contribution in [0, 0.1) is 0 Å². The smallest absolute Gasteiger partial charge is 0.0701 e. The lowest BCUT2D eigenvalue weighted by molar-refractivity contribution is -0.00209. The van der Waals surface area contributed by atoms with E-state index in [1.165, 1.54) is 24.8 Å². The highest BCUT2D eigenvalue weighted by Crippen LogP contribution is 2.13. The lowest BCUT2D eigenvalue weighted by Crippen LogP contribution is -2.41. The molecule has 1 fully saturated rings. The minimum atomic E-state index is 0.191. The van der Waals surface area contributed by atoms with Gasteiger partial charge < -0.3 is 15.4 Å². The number of rotatable bonds is 6. The van der Waals surface area contributed by atoms with Gasteiger partial charge in [-0.25, -0.2) is 0 Å². The zero-order valence-corrected chi connectivity index (χ0v) is 11.9. The van der Waals surface area contributed by atoms with Gasteiger partial charge >= 0.3 is 0 Å². The number of hydrogen-bond acceptors (Lipinski definition) is 3. The predicted molar refractivity (Wildman–Crippen MR) is 79.2 cm³/mol. The molecule has 0 amide bonds. The number of nitrogens with zero attached hydrogens (tertiary/aromatic N) is 1. The minimum absolute atomic E-state index is 0.191. The maximum atomic E-state index is 6.23. The fourth-order valence-electron chi connectivity index (χ4n) is 2.76. The standard InChI is InChI=1S/C16H26N2O/c1-18(13-16-9-5-6-10-19-16)12-15(17)11-14-7-3-2-4-8-14/h2-4,7-8,15-16H,5-6,9-13,17H2,1H3. The monoisotopic (exact) mass is 262 g/mol. The molecule has 0 saturated carbocycles. The maximum absolute atomic E-state index is 6.23. The molecule has 2 N–H and O–H groups in total. The molecule has 2 atom stereocenters. The van der Waals surface area contributed by atoms with Crippen molar-refractivity contribution >= 4 is 0 Å². The molecule has 0 spiro atoms. The molecule has 3 heteroatoms. The Morgan fingerprint density at radius 1 is 1.32 bits per heavy atom. The summed E-state index contributed by atoms with van der Waals surface area (Å²) in [5.74, 6) is 0. The van der Waals surface area contributed by atoms with E-state index in [1.807, 2.05) is 6.07 Å². The average molecular weight is 262 g/mol. The van der Waals surface area contributed by atoms with Crippen LogP contribution in [0.3, 0.4) is 0 Å². The summed E-state index contributed by atoms with van der Waals surface area (Å²) in [5.41, 5.74) is 7.55. The highest BCUT2D eigenvalue weighted by molar-refractivity contribution is 5.15. The van der Waals surface area contributed by atoms with E-state index in [2.05, 4.69) is 36.2 Å². The first-order valence-electron chi connectivity index (χ1n) is 7.33. The number of nitrogens with two attached hydrogens (primary N) is 1. The van der Waals surface area contributed by atoms with Crippen LogP contribution >= 0.6 is 0 Å². The molecular weight excluding hydrogens is 236 g/mol. The number of hydrogen-bond donors (Lipinski definition) is 1. The summed E-state index contributed by atoms with van der Waals surface area (Å²) in [5, 5.41) is 0. The number of likely N-dealkylation sites (N-methyl/N-ethyl adjacent to an activating group) is 1. The van der Waals surface area contributed by atoms with Gasteiger partial charge in [-0.2, -0.15) is 0 Å². The first-order valence-corrected chi connectivity index (χ1v) is 7.33. The summed E-state index contributed by atoms with van der Waals surface area (Å²) >= 11 is 0. The van der Waals surface area contributed by atoms with E-state index in [9.17, 15) is 0 Å². The molecule has 1 aromatic rings. The van der Waals surface area contributed by atoms with Crippen molar-refractivity contribution in [3.63, 3.8) is 0 Å². The molecule has 0 radical (unpaired) electrons. The Balaban J connectivity index is 1.70. The molecule has 1 aromatic carbocycles. The highest BCUT2D eigenvalue weighted by atomic mass is 16.5. The Bertz CT molecular complexity index is 349. The molecule has 0 aliphatic carbocycles. The third-order valence-electron chi connectivity index (χ3n) is 3.68. The second kappa shape index (κ2) is 7.63. The molecule has 1 aliphatic rings. The van der Waals surface area contributed by atoms with Crippen LogP contribution in [0.1, 0.15) is 24.8 Å². The van der Waals surface area contributed by atoms with Crippen molar-refractivity contribution in [1.29, 1.82) is 0 Å². The minimum Gasteiger partial charge on any atom is -0.377 e. The first-order chi connectivity index (χ1) is 9.24. The van der Waals surface area contributed by atoms with Gasteiger partial charge in [-0.15, -0.1) is 0 Å². The van der Waals surface area contributed by atoms with E-state index in [4.69, 9.17) is 10.5 Å². The molecule has 2 unspecified atom stereocenters. The molecule has 1 aliphatic heterocycles. The Labute approximate surface area is 116 Å². The van der Waals surface area contributed by atoms with Crippen molar-refractivity contribution < 1.29 is 4.74 Å². The lowest BCUT2D eigenvalue weighted by Gasteiger charge is -2.28. The molecule has 3 nitrogen and oxygen atoms in total. The second-order valence-corrected chi connectivity index (χ2v) is 5.66. The summed E-state index contributed by atoms with van der Waals surface area (Å²) < 4.78 is 5.77. The van der Waals surface area contributed by atoms with Crippen LogP contribution in [-0.2, 0) is 11.2 Å². The molecule has 19 heavy (non-hydrogen) atoms. The summed E-state index contributed by atoms with van der Waals surface area (Å²) in [7, 11) is 2.14. The van der Waals surface area contributed by atoms with Gasteiger partial charge in [-0.3, -0.25) is 0 Å². The van der Waals surface area contributed by atoms with E-state index in [1.54, 1.807) is 0 Å². The topological polar surface area (TPSA) is 38.5 Å². The van der Waals surface area contributed by atoms with Gasteiger partial charge in [0.2, 0.25) is 0 Å². The summed E-state index contributed by atoms with van der Waals surface area (Å²) in [6.07, 6.45) is 5.06. The predicted octanol–water partition coefficient (Wildman–Crippen LogP) is 2.06. The summed E-state index contributed by atoms with van der Waals surface area (Å²) in [6.45, 7) is 2.85. The maximum Gasteiger partial charge on any atom is 0.0701 e. The quantitative estimate of drug-likeness (QED) is 0.853. The normalized spacial score (nSPS) is 21.5. The summed E-state index contributed by atoms with van der Waals surface area (Å²) in [6, 6.07) is 10.7. The van der Waals surface area contributed by atoms with Gasteiger partial charge in [0.05, 0.1) is 6.10 Å². The van der Waals surface area contributed by atoms with Gasteiger partial charge in [0.15, 0.2) is 0 Å². The molecule has 1 saturated heterocycles. The van der Waals surface area contributed by atoms with Gasteiger partial charge in [0.1, 0.15) is 0 Å². The number of ether oxygens (including phenoxy) is 1. The molecule has 0 aromatic heterocycles. The SMILES string of the molecule is CN(CC(N)Cc1ccccc1)CC1CCCCO1. The van der Waals surface area contributed by atoms with Gasteiger partial charge in [-0.05, 0) is 38.3 Å². The second-order valence-electron chi connectivity index (χ2n) is 5.66. The fourth-order valence-corrected chi connectivity index (χ4v) is 2.76. The van der Waals surface area contributed by atoms with E-state index in [0.717, 1.165) is 26.1 Å². The van der Waals surface area contributed by atoms with Gasteiger partial charge in [-0.1, -0.05) is 30.3 Å². The van der Waals surface area contributed by atoms with Crippen molar-refractivity contribution in [2.45, 2.75) is 37.8 Å². The van der Waals surface area contributed by atoms with Crippen LogP contribution in [0.25, 0.3) is 0 Å². The lowest BCUT2D eigenvalue weighted by atomic mass is 10.1. The van der Waals surface area contributed by atoms with Gasteiger partial charge in [0, 0.05) is 25.7 Å². The molecule has 0 bridgehead atoms. The molecule has 2 rings (SSSR count). The number of benzene rings is 1. The zero-order valence-electron chi connectivity index (χ0n) is 11.9. The van der Waals surface area contributed by atoms with Crippen molar-refractivity contribution in [3.8, 4) is 0 Å². The fraction of sp³-hybridized carbons (Fsp3) is 0.625. The molecule has 106 valence electrons. The van der Waals surface area contributed by atoms with Crippen molar-refractivity contribution in [2.24, 2.45) is 5.73 Å². The summed E-state index contributed by atoms with van der Waals surface area (Å²) in [4.78, 5) is 2.31. The Kier molecular flexibility index (Phi) is 5.83. The Hall–Kier alpha value is -0.900. The van der Waals surface area contributed by atoms with Crippen LogP contribution in [0.4, 0.5) is 0 Å².